The van der Waals surface area contributed by atoms with Crippen LogP contribution in [0.15, 0.2) is 36.4 Å². The quantitative estimate of drug-likeness (QED) is 0.525. The summed E-state index contributed by atoms with van der Waals surface area (Å²) in [5, 5.41) is 8.94. The molecule has 0 spiro atoms. The van der Waals surface area contributed by atoms with Crippen molar-refractivity contribution in [3.05, 3.63) is 45.6 Å². The molecule has 8 nitrogen and oxygen atoms in total. The lowest BCUT2D eigenvalue weighted by Crippen LogP contribution is -2.50. The summed E-state index contributed by atoms with van der Waals surface area (Å²) in [5.74, 6) is -0.631. The fourth-order valence-corrected chi connectivity index (χ4v) is 4.11. The Kier molecular flexibility index (Phi) is 8.47. The summed E-state index contributed by atoms with van der Waals surface area (Å²) in [4.78, 5) is 39.6. The van der Waals surface area contributed by atoms with Crippen molar-refractivity contribution < 1.29 is 19.1 Å². The third kappa shape index (κ3) is 7.53. The summed E-state index contributed by atoms with van der Waals surface area (Å²) in [6, 6.07) is 9.77. The third-order valence-electron chi connectivity index (χ3n) is 4.89. The van der Waals surface area contributed by atoms with Gasteiger partial charge in [0, 0.05) is 31.0 Å². The minimum Gasteiger partial charge on any atom is -0.370 e. The summed E-state index contributed by atoms with van der Waals surface area (Å²) >= 11 is 7.10. The second-order valence-corrected chi connectivity index (χ2v) is 10.7. The number of benzene rings is 1. The van der Waals surface area contributed by atoms with E-state index < -0.39 is 6.04 Å². The number of carbonyl (C=O) groups is 3. The van der Waals surface area contributed by atoms with E-state index in [-0.39, 0.29) is 36.3 Å². The maximum atomic E-state index is 13.0. The highest BCUT2D eigenvalue weighted by Gasteiger charge is 2.23. The molecule has 2 heterocycles. The van der Waals surface area contributed by atoms with Crippen LogP contribution in [0, 0.1) is 5.41 Å². The van der Waals surface area contributed by atoms with Crippen LogP contribution in [0.25, 0.3) is 0 Å². The van der Waals surface area contributed by atoms with Crippen molar-refractivity contribution in [2.24, 2.45) is 5.41 Å². The van der Waals surface area contributed by atoms with Gasteiger partial charge in [-0.05, 0) is 41.8 Å². The van der Waals surface area contributed by atoms with E-state index in [1.165, 1.54) is 11.3 Å². The van der Waals surface area contributed by atoms with Gasteiger partial charge in [0.05, 0.1) is 15.8 Å². The topological polar surface area (TPSA) is 99.8 Å². The molecule has 1 aromatic heterocycles. The number of morpholine rings is 1. The van der Waals surface area contributed by atoms with Crippen LogP contribution >= 0.6 is 22.9 Å². The molecule has 0 bridgehead atoms. The van der Waals surface area contributed by atoms with Crippen molar-refractivity contribution >= 4 is 52.0 Å². The van der Waals surface area contributed by atoms with Crippen molar-refractivity contribution in [1.82, 2.24) is 10.6 Å². The van der Waals surface area contributed by atoms with Crippen LogP contribution in [0.5, 0.6) is 0 Å². The number of hydrogen-bond acceptors (Lipinski definition) is 6. The van der Waals surface area contributed by atoms with Gasteiger partial charge in [0.25, 0.3) is 11.8 Å². The summed E-state index contributed by atoms with van der Waals surface area (Å²) in [6.07, 6.45) is 0. The van der Waals surface area contributed by atoms with Crippen LogP contribution in [-0.2, 0) is 14.3 Å². The fourth-order valence-electron chi connectivity index (χ4n) is 3.15. The van der Waals surface area contributed by atoms with Gasteiger partial charge in [-0.15, -0.1) is 11.3 Å². The number of thiophene rings is 1. The van der Waals surface area contributed by atoms with Crippen LogP contribution in [0.3, 0.4) is 0 Å². The van der Waals surface area contributed by atoms with E-state index in [0.717, 1.165) is 5.69 Å². The van der Waals surface area contributed by atoms with E-state index in [1.54, 1.807) is 41.3 Å². The van der Waals surface area contributed by atoms with Gasteiger partial charge in [0.15, 0.2) is 0 Å². The van der Waals surface area contributed by atoms with Crippen LogP contribution in [-0.4, -0.2) is 56.6 Å². The zero-order chi connectivity index (χ0) is 24.0. The summed E-state index contributed by atoms with van der Waals surface area (Å²) in [5.41, 5.74) is 1.31. The van der Waals surface area contributed by atoms with Gasteiger partial charge in [0.2, 0.25) is 5.91 Å². The molecule has 1 aromatic carbocycles. The Morgan fingerprint density at radius 3 is 2.52 bits per heavy atom. The molecule has 0 unspecified atom stereocenters. The number of ether oxygens (including phenoxy) is 1. The maximum Gasteiger partial charge on any atom is 0.261 e. The Balaban J connectivity index is 1.63. The average Bonchev–Trinajstić information content (AvgIpc) is 3.20. The molecular weight excluding hydrogens is 464 g/mol. The number of amides is 3. The van der Waals surface area contributed by atoms with Crippen molar-refractivity contribution in [2.45, 2.75) is 26.8 Å². The molecule has 3 N–H and O–H groups in total. The van der Waals surface area contributed by atoms with Crippen molar-refractivity contribution in [3.8, 4) is 0 Å². The van der Waals surface area contributed by atoms with Gasteiger partial charge in [0.1, 0.15) is 12.6 Å². The van der Waals surface area contributed by atoms with Gasteiger partial charge in [-0.3, -0.25) is 14.4 Å². The lowest BCUT2D eigenvalue weighted by molar-refractivity contribution is -0.125. The maximum absolute atomic E-state index is 13.0. The largest absolute Gasteiger partial charge is 0.370 e. The molecule has 10 heteroatoms. The lowest BCUT2D eigenvalue weighted by atomic mass is 9.96. The number of rotatable bonds is 8. The standard InChI is InChI=1S/C23H29ClN4O4S/c1-23(2,3)14-26-17(12-25-22(31)18-8-9-19(24)33-18)21(30)27-15-4-6-16(7-5-15)28-10-11-32-13-20(28)29/h4-9,17,26H,10-14H2,1-3H3,(H,25,31)(H,27,30)/t17-/m0/s1. The molecule has 2 aromatic rings. The highest BCUT2D eigenvalue weighted by Crippen LogP contribution is 2.22. The van der Waals surface area contributed by atoms with Crippen LogP contribution in [0.2, 0.25) is 4.34 Å². The first kappa shape index (κ1) is 25.2. The molecule has 0 radical (unpaired) electrons. The molecule has 3 rings (SSSR count). The van der Waals surface area contributed by atoms with Crippen LogP contribution in [0.1, 0.15) is 30.4 Å². The number of anilines is 2. The first-order valence-corrected chi connectivity index (χ1v) is 11.9. The van der Waals surface area contributed by atoms with Gasteiger partial charge in [-0.25, -0.2) is 0 Å². The lowest BCUT2D eigenvalue weighted by Gasteiger charge is -2.27. The highest BCUT2D eigenvalue weighted by atomic mass is 35.5. The van der Waals surface area contributed by atoms with Gasteiger partial charge < -0.3 is 25.6 Å². The minimum absolute atomic E-state index is 0.0455. The molecule has 1 fully saturated rings. The first-order valence-electron chi connectivity index (χ1n) is 10.7. The van der Waals surface area contributed by atoms with E-state index in [1.807, 2.05) is 0 Å². The van der Waals surface area contributed by atoms with Crippen LogP contribution < -0.4 is 20.9 Å². The monoisotopic (exact) mass is 492 g/mol. The summed E-state index contributed by atoms with van der Waals surface area (Å²) < 4.78 is 5.69. The van der Waals surface area contributed by atoms with Gasteiger partial charge >= 0.3 is 0 Å². The summed E-state index contributed by atoms with van der Waals surface area (Å²) in [6.45, 7) is 7.96. The number of carbonyl (C=O) groups excluding carboxylic acids is 3. The van der Waals surface area contributed by atoms with E-state index in [4.69, 9.17) is 16.3 Å². The third-order valence-corrected chi connectivity index (χ3v) is 6.12. The predicted octanol–water partition coefficient (Wildman–Crippen LogP) is 3.14. The molecule has 3 amide bonds. The van der Waals surface area contributed by atoms with E-state index >= 15 is 0 Å². The minimum atomic E-state index is -0.635. The first-order chi connectivity index (χ1) is 15.6. The Morgan fingerprint density at radius 1 is 1.18 bits per heavy atom. The zero-order valence-corrected chi connectivity index (χ0v) is 20.5. The fraction of sp³-hybridized carbons (Fsp3) is 0.435. The van der Waals surface area contributed by atoms with Crippen molar-refractivity contribution in [1.29, 1.82) is 0 Å². The second kappa shape index (κ2) is 11.1. The molecule has 1 aliphatic rings. The molecule has 1 atom stereocenters. The Morgan fingerprint density at radius 2 is 1.91 bits per heavy atom. The van der Waals surface area contributed by atoms with Crippen LogP contribution in [0.4, 0.5) is 11.4 Å². The van der Waals surface area contributed by atoms with Gasteiger partial charge in [-0.2, -0.15) is 0 Å². The van der Waals surface area contributed by atoms with Crippen molar-refractivity contribution in [2.75, 3.05) is 43.1 Å². The zero-order valence-electron chi connectivity index (χ0n) is 18.9. The Bertz CT molecular complexity index is 987. The normalized spacial score (nSPS) is 15.3. The van der Waals surface area contributed by atoms with Gasteiger partial charge in [-0.1, -0.05) is 32.4 Å². The SMILES string of the molecule is CC(C)(C)CN[C@@H](CNC(=O)c1ccc(Cl)s1)C(=O)Nc1ccc(N2CCOCC2=O)cc1. The molecule has 1 saturated heterocycles. The van der Waals surface area contributed by atoms with Crippen molar-refractivity contribution in [3.63, 3.8) is 0 Å². The number of hydrogen-bond donors (Lipinski definition) is 3. The second-order valence-electron chi connectivity index (χ2n) is 8.94. The highest BCUT2D eigenvalue weighted by molar-refractivity contribution is 7.18. The Hall–Kier alpha value is -2.46. The van der Waals surface area contributed by atoms with E-state index in [0.29, 0.717) is 34.6 Å². The van der Waals surface area contributed by atoms with E-state index in [2.05, 4.69) is 36.7 Å². The predicted molar refractivity (Wildman–Crippen MR) is 131 cm³/mol. The smallest absolute Gasteiger partial charge is 0.261 e. The molecule has 0 saturated carbocycles. The molecule has 178 valence electrons. The molecule has 0 aliphatic carbocycles. The molecular formula is C23H29ClN4O4S. The summed E-state index contributed by atoms with van der Waals surface area (Å²) in [7, 11) is 0. The number of halogens is 1. The molecule has 33 heavy (non-hydrogen) atoms. The Labute approximate surface area is 202 Å². The molecule has 1 aliphatic heterocycles. The number of nitrogens with zero attached hydrogens (tertiary/aromatic N) is 1. The van der Waals surface area contributed by atoms with E-state index in [9.17, 15) is 14.4 Å². The average molecular weight is 493 g/mol. The number of nitrogens with one attached hydrogen (secondary N) is 3.